The summed E-state index contributed by atoms with van der Waals surface area (Å²) >= 11 is 0. The smallest absolute Gasteiger partial charge is 0.220 e. The first kappa shape index (κ1) is 78.5. The summed E-state index contributed by atoms with van der Waals surface area (Å²) in [5, 5.41) is 120. The number of rotatable bonds is 53. The third-order valence-electron chi connectivity index (χ3n) is 17.5. The molecule has 3 aliphatic rings. The quantitative estimate of drug-likeness (QED) is 0.0200. The Labute approximate surface area is 518 Å². The number of amides is 1. The van der Waals surface area contributed by atoms with Crippen molar-refractivity contribution in [2.24, 2.45) is 0 Å². The van der Waals surface area contributed by atoms with E-state index < -0.39 is 124 Å². The molecule has 3 aliphatic heterocycles. The minimum absolute atomic E-state index is 0.240. The van der Waals surface area contributed by atoms with Crippen molar-refractivity contribution in [3.63, 3.8) is 0 Å². The van der Waals surface area contributed by atoms with Crippen LogP contribution in [0.2, 0.25) is 0 Å². The zero-order valence-corrected chi connectivity index (χ0v) is 53.3. The highest BCUT2D eigenvalue weighted by molar-refractivity contribution is 5.76. The highest BCUT2D eigenvalue weighted by Gasteiger charge is 2.53. The molecule has 0 saturated carbocycles. The van der Waals surface area contributed by atoms with E-state index in [1.165, 1.54) is 186 Å². The zero-order chi connectivity index (χ0) is 62.6. The Balaban J connectivity index is 1.32. The molecule has 17 atom stereocenters. The largest absolute Gasteiger partial charge is 0.394 e. The van der Waals surface area contributed by atoms with Gasteiger partial charge in [0.15, 0.2) is 18.9 Å². The number of hydrogen-bond acceptors (Lipinski definition) is 18. The molecule has 86 heavy (non-hydrogen) atoms. The molecular formula is C67H125NO18. The van der Waals surface area contributed by atoms with Crippen molar-refractivity contribution in [1.29, 1.82) is 0 Å². The summed E-state index contributed by atoms with van der Waals surface area (Å²) in [4.78, 5) is 13.3. The van der Waals surface area contributed by atoms with Crippen LogP contribution in [0, 0.1) is 0 Å². The zero-order valence-electron chi connectivity index (χ0n) is 53.3. The van der Waals surface area contributed by atoms with Crippen molar-refractivity contribution in [3.05, 3.63) is 24.3 Å². The minimum Gasteiger partial charge on any atom is -0.394 e. The van der Waals surface area contributed by atoms with Crippen LogP contribution in [0.4, 0.5) is 0 Å². The van der Waals surface area contributed by atoms with E-state index in [9.17, 15) is 61.0 Å². The Kier molecular flexibility index (Phi) is 45.6. The number of aliphatic hydroxyl groups is 11. The molecule has 1 amide bonds. The third-order valence-corrected chi connectivity index (χ3v) is 17.5. The highest BCUT2D eigenvalue weighted by atomic mass is 16.8. The molecule has 0 spiro atoms. The van der Waals surface area contributed by atoms with Crippen LogP contribution in [0.1, 0.15) is 264 Å². The van der Waals surface area contributed by atoms with Gasteiger partial charge in [-0.25, -0.2) is 0 Å². The fourth-order valence-electron chi connectivity index (χ4n) is 11.9. The molecule has 17 unspecified atom stereocenters. The molecule has 0 aromatic carbocycles. The van der Waals surface area contributed by atoms with E-state index in [1.807, 2.05) is 6.08 Å². The van der Waals surface area contributed by atoms with Crippen LogP contribution in [0.15, 0.2) is 24.3 Å². The first-order chi connectivity index (χ1) is 41.8. The number of nitrogens with one attached hydrogen (secondary N) is 1. The standard InChI is InChI=1S/C67H125NO18/c1-3-5-7-9-11-13-14-15-16-17-18-19-20-21-22-23-24-25-26-27-28-29-30-31-32-33-34-35-37-39-41-43-45-55(73)68-50(51(72)44-42-40-38-36-12-10-8-6-4-2)49-81-65-61(79)58(76)63(53(47-70)83-65)86-67-62(80)59(77)64(54(48-71)84-67)85-66-60(78)57(75)56(74)52(46-69)82-66/h12,36,42,44,50-54,56-67,69-72,74-80H,3-11,13-35,37-41,43,45-49H2,1-2H3,(H,68,73)/b36-12+,44-42+. The van der Waals surface area contributed by atoms with Crippen molar-refractivity contribution < 1.29 is 89.4 Å². The number of hydrogen-bond donors (Lipinski definition) is 12. The SMILES string of the molecule is CCCCC/C=C/CC/C=C/C(O)C(COC1OC(CO)C(OC2OC(CO)C(OC3OC(CO)C(O)C(O)C3O)C(O)C2O)C(O)C1O)NC(=O)CCCCCCCCCCCCCCCCCCCCCCCCCCCCCCCCCC. The first-order valence-corrected chi connectivity index (χ1v) is 34.6. The monoisotopic (exact) mass is 1230 g/mol. The summed E-state index contributed by atoms with van der Waals surface area (Å²) in [5.41, 5.74) is 0. The molecule has 0 aromatic rings. The second-order valence-corrected chi connectivity index (χ2v) is 25.0. The number of ether oxygens (including phenoxy) is 6. The summed E-state index contributed by atoms with van der Waals surface area (Å²) < 4.78 is 34.2. The lowest BCUT2D eigenvalue weighted by molar-refractivity contribution is -0.379. The summed E-state index contributed by atoms with van der Waals surface area (Å²) in [7, 11) is 0. The van der Waals surface area contributed by atoms with Crippen molar-refractivity contribution in [2.45, 2.75) is 369 Å². The van der Waals surface area contributed by atoms with Crippen molar-refractivity contribution in [1.82, 2.24) is 5.32 Å². The molecule has 3 heterocycles. The molecule has 0 bridgehead atoms. The van der Waals surface area contributed by atoms with Gasteiger partial charge in [0.05, 0.1) is 38.6 Å². The van der Waals surface area contributed by atoms with Gasteiger partial charge in [0.1, 0.15) is 73.2 Å². The van der Waals surface area contributed by atoms with Gasteiger partial charge in [-0.3, -0.25) is 4.79 Å². The van der Waals surface area contributed by atoms with E-state index in [0.29, 0.717) is 12.8 Å². The molecule has 12 N–H and O–H groups in total. The number of unbranched alkanes of at least 4 members (excludes halogenated alkanes) is 35. The third kappa shape index (κ3) is 32.0. The lowest BCUT2D eigenvalue weighted by Crippen LogP contribution is -2.66. The Morgan fingerprint density at radius 2 is 0.744 bits per heavy atom. The van der Waals surface area contributed by atoms with Crippen LogP contribution in [-0.4, -0.2) is 193 Å². The number of aliphatic hydroxyl groups excluding tert-OH is 11. The van der Waals surface area contributed by atoms with Crippen LogP contribution in [0.25, 0.3) is 0 Å². The van der Waals surface area contributed by atoms with Gasteiger partial charge in [0.25, 0.3) is 0 Å². The van der Waals surface area contributed by atoms with Gasteiger partial charge in [0.2, 0.25) is 5.91 Å². The molecule has 3 rings (SSSR count). The number of carbonyl (C=O) groups is 1. The molecule has 19 heteroatoms. The van der Waals surface area contributed by atoms with E-state index in [1.54, 1.807) is 6.08 Å². The van der Waals surface area contributed by atoms with E-state index in [4.69, 9.17) is 28.4 Å². The second kappa shape index (κ2) is 49.9. The van der Waals surface area contributed by atoms with E-state index in [0.717, 1.165) is 44.9 Å². The average Bonchev–Trinajstić information content (AvgIpc) is 1.71. The summed E-state index contributed by atoms with van der Waals surface area (Å²) in [6, 6.07) is -0.984. The molecule has 0 aromatic heterocycles. The predicted octanol–water partition coefficient (Wildman–Crippen LogP) is 8.66. The fourth-order valence-corrected chi connectivity index (χ4v) is 11.9. The fraction of sp³-hybridized carbons (Fsp3) is 0.925. The Bertz CT molecular complexity index is 1660. The second-order valence-electron chi connectivity index (χ2n) is 25.0. The molecule has 0 aliphatic carbocycles. The summed E-state index contributed by atoms with van der Waals surface area (Å²) in [5.74, 6) is -0.284. The Hall–Kier alpha value is -1.73. The van der Waals surface area contributed by atoms with Gasteiger partial charge in [-0.1, -0.05) is 250 Å². The molecule has 3 fully saturated rings. The van der Waals surface area contributed by atoms with E-state index >= 15 is 0 Å². The van der Waals surface area contributed by atoms with Crippen LogP contribution < -0.4 is 5.32 Å². The molecule has 506 valence electrons. The summed E-state index contributed by atoms with van der Waals surface area (Å²) in [6.45, 7) is 1.67. The van der Waals surface area contributed by atoms with Gasteiger partial charge in [-0.05, 0) is 32.1 Å². The van der Waals surface area contributed by atoms with Gasteiger partial charge < -0.3 is 89.9 Å². The van der Waals surface area contributed by atoms with Crippen molar-refractivity contribution >= 4 is 5.91 Å². The van der Waals surface area contributed by atoms with Crippen LogP contribution in [0.5, 0.6) is 0 Å². The van der Waals surface area contributed by atoms with Crippen molar-refractivity contribution in [3.8, 4) is 0 Å². The van der Waals surface area contributed by atoms with Crippen LogP contribution in [-0.2, 0) is 33.2 Å². The maximum Gasteiger partial charge on any atom is 0.220 e. The molecule has 19 nitrogen and oxygen atoms in total. The molecule has 0 radical (unpaired) electrons. The maximum absolute atomic E-state index is 13.3. The van der Waals surface area contributed by atoms with Gasteiger partial charge in [-0.2, -0.15) is 0 Å². The normalized spacial score (nSPS) is 28.9. The number of allylic oxidation sites excluding steroid dienone is 3. The predicted molar refractivity (Wildman–Crippen MR) is 333 cm³/mol. The molecule has 3 saturated heterocycles. The number of carbonyl (C=O) groups excluding carboxylic acids is 1. The maximum atomic E-state index is 13.3. The van der Waals surface area contributed by atoms with Gasteiger partial charge in [-0.15, -0.1) is 0 Å². The van der Waals surface area contributed by atoms with Crippen molar-refractivity contribution in [2.75, 3.05) is 26.4 Å². The van der Waals surface area contributed by atoms with Gasteiger partial charge in [0, 0.05) is 6.42 Å². The van der Waals surface area contributed by atoms with Gasteiger partial charge >= 0.3 is 0 Å². The highest BCUT2D eigenvalue weighted by Crippen LogP contribution is 2.33. The lowest BCUT2D eigenvalue weighted by Gasteiger charge is -2.48. The Morgan fingerprint density at radius 1 is 0.407 bits per heavy atom. The van der Waals surface area contributed by atoms with E-state index in [-0.39, 0.29) is 18.9 Å². The lowest BCUT2D eigenvalue weighted by atomic mass is 9.96. The van der Waals surface area contributed by atoms with Crippen LogP contribution >= 0.6 is 0 Å². The van der Waals surface area contributed by atoms with Crippen LogP contribution in [0.3, 0.4) is 0 Å². The Morgan fingerprint density at radius 3 is 1.16 bits per heavy atom. The topological polar surface area (TPSA) is 307 Å². The van der Waals surface area contributed by atoms with E-state index in [2.05, 4.69) is 31.3 Å². The first-order valence-electron chi connectivity index (χ1n) is 34.6. The minimum atomic E-state index is -1.98. The summed E-state index contributed by atoms with van der Waals surface area (Å²) in [6.07, 6.45) is 29.4. The molecular weight excluding hydrogens is 1110 g/mol. The average molecular weight is 1230 g/mol.